The predicted octanol–water partition coefficient (Wildman–Crippen LogP) is 7.87. The van der Waals surface area contributed by atoms with Gasteiger partial charge in [-0.15, -0.1) is 21.5 Å². The van der Waals surface area contributed by atoms with Crippen molar-refractivity contribution in [2.75, 3.05) is 17.7 Å². The van der Waals surface area contributed by atoms with Crippen LogP contribution in [0.25, 0.3) is 27.5 Å². The van der Waals surface area contributed by atoms with Crippen LogP contribution in [0.2, 0.25) is 0 Å². The lowest BCUT2D eigenvalue weighted by molar-refractivity contribution is -0.113. The van der Waals surface area contributed by atoms with Crippen molar-refractivity contribution in [2.24, 2.45) is 0 Å². The molecule has 9 heteroatoms. The Hall–Kier alpha value is -4.21. The van der Waals surface area contributed by atoms with Gasteiger partial charge in [-0.1, -0.05) is 105 Å². The van der Waals surface area contributed by atoms with Gasteiger partial charge in [0, 0.05) is 16.1 Å². The summed E-state index contributed by atoms with van der Waals surface area (Å²) in [5.74, 6) is 0.0462. The summed E-state index contributed by atoms with van der Waals surface area (Å²) < 4.78 is 7.22. The largest absolute Gasteiger partial charge is 0.462 e. The van der Waals surface area contributed by atoms with Gasteiger partial charge in [-0.2, -0.15) is 0 Å². The first-order chi connectivity index (χ1) is 20.2. The summed E-state index contributed by atoms with van der Waals surface area (Å²) in [6, 6.07) is 29.7. The highest BCUT2D eigenvalue weighted by atomic mass is 32.2. The Balaban J connectivity index is 1.39. The highest BCUT2D eigenvalue weighted by molar-refractivity contribution is 7.99. The number of hydrogen-bond donors (Lipinski definition) is 1. The van der Waals surface area contributed by atoms with E-state index in [-0.39, 0.29) is 23.7 Å². The first-order valence-corrected chi connectivity index (χ1v) is 15.5. The fraction of sp³-hybridized carbons (Fsp3) is 0.212. The number of rotatable bonds is 9. The number of anilines is 1. The van der Waals surface area contributed by atoms with E-state index in [1.807, 2.05) is 65.2 Å². The van der Waals surface area contributed by atoms with E-state index in [0.717, 1.165) is 21.7 Å². The van der Waals surface area contributed by atoms with E-state index in [0.29, 0.717) is 21.5 Å². The minimum atomic E-state index is -0.468. The third-order valence-corrected chi connectivity index (χ3v) is 8.56. The number of aromatic nitrogens is 3. The number of thiophene rings is 1. The molecule has 0 aliphatic rings. The summed E-state index contributed by atoms with van der Waals surface area (Å²) in [5.41, 5.74) is 4.40. The number of ether oxygens (including phenoxy) is 1. The molecule has 2 heterocycles. The van der Waals surface area contributed by atoms with Gasteiger partial charge in [-0.3, -0.25) is 9.36 Å². The van der Waals surface area contributed by atoms with Crippen LogP contribution in [0.4, 0.5) is 5.00 Å². The zero-order valence-electron chi connectivity index (χ0n) is 24.0. The maximum Gasteiger partial charge on any atom is 0.341 e. The zero-order chi connectivity index (χ0) is 29.7. The van der Waals surface area contributed by atoms with E-state index >= 15 is 0 Å². The average molecular weight is 597 g/mol. The molecule has 0 fully saturated rings. The van der Waals surface area contributed by atoms with Gasteiger partial charge in [0.2, 0.25) is 5.91 Å². The second-order valence-electron chi connectivity index (χ2n) is 10.6. The van der Waals surface area contributed by atoms with Gasteiger partial charge in [-0.25, -0.2) is 4.79 Å². The number of nitrogens with zero attached hydrogens (tertiary/aromatic N) is 3. The van der Waals surface area contributed by atoms with Gasteiger partial charge in [0.25, 0.3) is 0 Å². The van der Waals surface area contributed by atoms with E-state index < -0.39 is 5.97 Å². The lowest BCUT2D eigenvalue weighted by Gasteiger charge is -2.19. The Morgan fingerprint density at radius 1 is 0.905 bits per heavy atom. The molecule has 5 rings (SSSR count). The number of carbonyl (C=O) groups is 2. The number of para-hydroxylation sites is 1. The molecule has 214 valence electrons. The van der Waals surface area contributed by atoms with Gasteiger partial charge in [0.1, 0.15) is 5.00 Å². The molecular formula is C33H32N4O3S2. The summed E-state index contributed by atoms with van der Waals surface area (Å²) >= 11 is 2.63. The molecule has 1 amide bonds. The first-order valence-electron chi connectivity index (χ1n) is 13.7. The monoisotopic (exact) mass is 596 g/mol. The number of thioether (sulfide) groups is 1. The van der Waals surface area contributed by atoms with Crippen molar-refractivity contribution in [1.82, 2.24) is 14.8 Å². The molecule has 42 heavy (non-hydrogen) atoms. The molecule has 7 nitrogen and oxygen atoms in total. The molecule has 0 saturated heterocycles. The maximum atomic E-state index is 13.2. The third kappa shape index (κ3) is 6.64. The van der Waals surface area contributed by atoms with Crippen LogP contribution in [0.15, 0.2) is 96.2 Å². The van der Waals surface area contributed by atoms with Gasteiger partial charge in [0.05, 0.1) is 17.9 Å². The molecule has 1 N–H and O–H groups in total. The Morgan fingerprint density at radius 2 is 1.57 bits per heavy atom. The van der Waals surface area contributed by atoms with E-state index in [2.05, 4.69) is 60.6 Å². The van der Waals surface area contributed by atoms with Crippen molar-refractivity contribution in [2.45, 2.75) is 38.3 Å². The molecule has 0 aliphatic heterocycles. The normalized spacial score (nSPS) is 11.3. The quantitative estimate of drug-likeness (QED) is 0.138. The van der Waals surface area contributed by atoms with Crippen molar-refractivity contribution >= 4 is 40.0 Å². The number of amides is 1. The second kappa shape index (κ2) is 12.8. The SMILES string of the molecule is CCOC(=O)c1cc(-c2ccccc2)sc1NC(=O)CSc1nnc(-c2ccc(C(C)(C)C)cc2)n1-c1ccccc1. The summed E-state index contributed by atoms with van der Waals surface area (Å²) in [5, 5.41) is 12.9. The summed E-state index contributed by atoms with van der Waals surface area (Å²) in [7, 11) is 0. The highest BCUT2D eigenvalue weighted by Crippen LogP contribution is 2.36. The van der Waals surface area contributed by atoms with Crippen LogP contribution in [-0.4, -0.2) is 39.0 Å². The predicted molar refractivity (Wildman–Crippen MR) is 171 cm³/mol. The van der Waals surface area contributed by atoms with Crippen molar-refractivity contribution in [3.05, 3.63) is 102 Å². The summed E-state index contributed by atoms with van der Waals surface area (Å²) in [6.45, 7) is 8.55. The van der Waals surface area contributed by atoms with Crippen LogP contribution in [-0.2, 0) is 14.9 Å². The molecule has 2 aromatic heterocycles. The minimum Gasteiger partial charge on any atom is -0.462 e. The molecule has 0 aliphatic carbocycles. The maximum absolute atomic E-state index is 13.2. The van der Waals surface area contributed by atoms with Crippen LogP contribution in [0.3, 0.4) is 0 Å². The van der Waals surface area contributed by atoms with Crippen molar-refractivity contribution in [3.63, 3.8) is 0 Å². The molecule has 5 aromatic rings. The van der Waals surface area contributed by atoms with Gasteiger partial charge in [0.15, 0.2) is 11.0 Å². The van der Waals surface area contributed by atoms with Crippen molar-refractivity contribution in [1.29, 1.82) is 0 Å². The lowest BCUT2D eigenvalue weighted by atomic mass is 9.87. The number of esters is 1. The number of hydrogen-bond acceptors (Lipinski definition) is 7. The standard InChI is InChI=1S/C33H32N4O3S2/c1-5-40-31(39)26-20-27(22-12-8-6-9-13-22)42-30(26)34-28(38)21-41-32-36-35-29(37(32)25-14-10-7-11-15-25)23-16-18-24(19-17-23)33(2,3)4/h6-20H,5,21H2,1-4H3,(H,34,38). The van der Waals surface area contributed by atoms with Gasteiger partial charge in [-0.05, 0) is 41.7 Å². The van der Waals surface area contributed by atoms with Crippen molar-refractivity contribution < 1.29 is 14.3 Å². The van der Waals surface area contributed by atoms with Crippen LogP contribution in [0, 0.1) is 0 Å². The Morgan fingerprint density at radius 3 is 2.21 bits per heavy atom. The van der Waals surface area contributed by atoms with E-state index in [4.69, 9.17) is 4.74 Å². The lowest BCUT2D eigenvalue weighted by Crippen LogP contribution is -2.16. The fourth-order valence-corrected chi connectivity index (χ4v) is 6.18. The highest BCUT2D eigenvalue weighted by Gasteiger charge is 2.22. The zero-order valence-corrected chi connectivity index (χ0v) is 25.6. The topological polar surface area (TPSA) is 86.1 Å². The van der Waals surface area contributed by atoms with E-state index in [9.17, 15) is 9.59 Å². The summed E-state index contributed by atoms with van der Waals surface area (Å²) in [6.07, 6.45) is 0. The molecule has 0 unspecified atom stereocenters. The van der Waals surface area contributed by atoms with Crippen LogP contribution < -0.4 is 5.32 Å². The average Bonchev–Trinajstić information content (AvgIpc) is 3.61. The smallest absolute Gasteiger partial charge is 0.341 e. The van der Waals surface area contributed by atoms with Gasteiger partial charge >= 0.3 is 5.97 Å². The van der Waals surface area contributed by atoms with Crippen LogP contribution in [0.5, 0.6) is 0 Å². The van der Waals surface area contributed by atoms with E-state index in [1.165, 1.54) is 28.7 Å². The molecule has 0 radical (unpaired) electrons. The van der Waals surface area contributed by atoms with Crippen LogP contribution >= 0.6 is 23.1 Å². The fourth-order valence-electron chi connectivity index (χ4n) is 4.36. The Kier molecular flexibility index (Phi) is 8.89. The second-order valence-corrected chi connectivity index (χ2v) is 12.6. The Labute approximate surface area is 254 Å². The molecule has 0 atom stereocenters. The first kappa shape index (κ1) is 29.3. The molecule has 0 bridgehead atoms. The van der Waals surface area contributed by atoms with Crippen molar-refractivity contribution in [3.8, 4) is 27.5 Å². The number of nitrogens with one attached hydrogen (secondary N) is 1. The molecular weight excluding hydrogens is 565 g/mol. The van der Waals surface area contributed by atoms with Gasteiger partial charge < -0.3 is 10.1 Å². The van der Waals surface area contributed by atoms with Crippen LogP contribution in [0.1, 0.15) is 43.6 Å². The number of carbonyl (C=O) groups excluding carboxylic acids is 2. The summed E-state index contributed by atoms with van der Waals surface area (Å²) in [4.78, 5) is 26.7. The minimum absolute atomic E-state index is 0.0393. The Bertz CT molecular complexity index is 1670. The molecule has 3 aromatic carbocycles. The van der Waals surface area contributed by atoms with E-state index in [1.54, 1.807) is 13.0 Å². The molecule has 0 spiro atoms. The third-order valence-electron chi connectivity index (χ3n) is 6.53. The number of benzene rings is 3. The molecule has 0 saturated carbocycles.